The summed E-state index contributed by atoms with van der Waals surface area (Å²) in [6.45, 7) is 0. The van der Waals surface area contributed by atoms with Gasteiger partial charge in [-0.2, -0.15) is 0 Å². The maximum Gasteiger partial charge on any atom is 0.254 e. The third kappa shape index (κ3) is 4.21. The first kappa shape index (κ1) is 19.7. The van der Waals surface area contributed by atoms with E-state index in [0.29, 0.717) is 11.5 Å². The third-order valence-corrected chi connectivity index (χ3v) is 5.34. The van der Waals surface area contributed by atoms with Gasteiger partial charge in [0.15, 0.2) is 0 Å². The summed E-state index contributed by atoms with van der Waals surface area (Å²) in [5, 5.41) is 0. The quantitative estimate of drug-likeness (QED) is 0.644. The van der Waals surface area contributed by atoms with E-state index < -0.39 is 17.6 Å². The molecule has 150 valence electrons. The van der Waals surface area contributed by atoms with Crippen molar-refractivity contribution < 1.29 is 8.78 Å². The third-order valence-electron chi connectivity index (χ3n) is 5.34. The Balaban J connectivity index is 1.70. The molecular formula is C25H20F2N2O. The van der Waals surface area contributed by atoms with Crippen molar-refractivity contribution in [3.8, 4) is 23.7 Å². The van der Waals surface area contributed by atoms with Crippen LogP contribution in [0.15, 0.2) is 53.6 Å². The lowest BCUT2D eigenvalue weighted by Crippen LogP contribution is -2.26. The van der Waals surface area contributed by atoms with Crippen LogP contribution in [0.3, 0.4) is 0 Å². The molecule has 0 bridgehead atoms. The van der Waals surface area contributed by atoms with Crippen molar-refractivity contribution in [1.82, 2.24) is 9.55 Å². The molecule has 0 amide bonds. The lowest BCUT2D eigenvalue weighted by Gasteiger charge is -2.18. The summed E-state index contributed by atoms with van der Waals surface area (Å²) >= 11 is 0. The van der Waals surface area contributed by atoms with Crippen LogP contribution < -0.4 is 5.56 Å². The minimum absolute atomic E-state index is 0.124. The van der Waals surface area contributed by atoms with E-state index in [1.807, 2.05) is 12.1 Å². The van der Waals surface area contributed by atoms with E-state index in [9.17, 15) is 13.6 Å². The first-order valence-corrected chi connectivity index (χ1v) is 9.81. The van der Waals surface area contributed by atoms with Gasteiger partial charge in [0.2, 0.25) is 0 Å². The zero-order valence-corrected chi connectivity index (χ0v) is 16.5. The van der Waals surface area contributed by atoms with Crippen LogP contribution in [0.1, 0.15) is 53.5 Å². The summed E-state index contributed by atoms with van der Waals surface area (Å²) in [5.41, 5.74) is 2.11. The second kappa shape index (κ2) is 8.43. The molecule has 1 N–H and O–H groups in total. The van der Waals surface area contributed by atoms with E-state index >= 15 is 0 Å². The predicted molar refractivity (Wildman–Crippen MR) is 112 cm³/mol. The van der Waals surface area contributed by atoms with Crippen molar-refractivity contribution in [3.05, 3.63) is 93.2 Å². The monoisotopic (exact) mass is 402 g/mol. The minimum Gasteiger partial charge on any atom is -0.367 e. The molecule has 1 fully saturated rings. The van der Waals surface area contributed by atoms with Crippen LogP contribution in [0.4, 0.5) is 8.78 Å². The number of benzene rings is 1. The highest BCUT2D eigenvalue weighted by atomic mass is 19.1. The highest BCUT2D eigenvalue weighted by Crippen LogP contribution is 2.39. The zero-order valence-electron chi connectivity index (χ0n) is 16.5. The molecule has 1 atom stereocenters. The molecule has 1 aliphatic rings. The van der Waals surface area contributed by atoms with Crippen LogP contribution in [0.25, 0.3) is 0 Å². The van der Waals surface area contributed by atoms with Crippen LogP contribution in [-0.2, 0) is 7.05 Å². The summed E-state index contributed by atoms with van der Waals surface area (Å²) in [5.74, 6) is 9.92. The fourth-order valence-corrected chi connectivity index (χ4v) is 3.59. The van der Waals surface area contributed by atoms with Gasteiger partial charge < -0.3 is 9.55 Å². The largest absolute Gasteiger partial charge is 0.367 e. The number of pyridine rings is 1. The molecule has 4 rings (SSSR count). The van der Waals surface area contributed by atoms with Crippen molar-refractivity contribution in [1.29, 1.82) is 0 Å². The van der Waals surface area contributed by atoms with E-state index in [2.05, 4.69) is 28.7 Å². The van der Waals surface area contributed by atoms with Gasteiger partial charge in [0.1, 0.15) is 11.6 Å². The molecule has 1 aromatic carbocycles. The topological polar surface area (TPSA) is 37.8 Å². The number of hydrogen-bond donors (Lipinski definition) is 1. The Morgan fingerprint density at radius 2 is 1.97 bits per heavy atom. The van der Waals surface area contributed by atoms with Gasteiger partial charge in [-0.15, -0.1) is 0 Å². The maximum atomic E-state index is 14.6. The number of rotatable bonds is 4. The van der Waals surface area contributed by atoms with Crippen molar-refractivity contribution in [2.45, 2.75) is 31.1 Å². The van der Waals surface area contributed by atoms with E-state index in [1.165, 1.54) is 0 Å². The number of aromatic nitrogens is 2. The molecule has 30 heavy (non-hydrogen) atoms. The van der Waals surface area contributed by atoms with Crippen LogP contribution in [0.2, 0.25) is 0 Å². The van der Waals surface area contributed by atoms with Gasteiger partial charge in [0.25, 0.3) is 5.56 Å². The van der Waals surface area contributed by atoms with Crippen LogP contribution in [0.5, 0.6) is 0 Å². The summed E-state index contributed by atoms with van der Waals surface area (Å²) in [6, 6.07) is 8.76. The van der Waals surface area contributed by atoms with Crippen molar-refractivity contribution in [2.75, 3.05) is 0 Å². The number of halogens is 2. The van der Waals surface area contributed by atoms with E-state index in [4.69, 9.17) is 0 Å². The summed E-state index contributed by atoms with van der Waals surface area (Å²) in [6.07, 6.45) is 5.81. The maximum absolute atomic E-state index is 14.6. The summed E-state index contributed by atoms with van der Waals surface area (Å²) in [7, 11) is 1.73. The molecule has 2 heterocycles. The fourth-order valence-electron chi connectivity index (χ4n) is 3.59. The molecule has 0 aliphatic heterocycles. The van der Waals surface area contributed by atoms with Gasteiger partial charge in [-0.25, -0.2) is 8.78 Å². The molecule has 1 unspecified atom stereocenters. The molecule has 1 aliphatic carbocycles. The number of H-pyrrole nitrogens is 1. The Labute approximate surface area is 173 Å². The minimum atomic E-state index is -0.686. The van der Waals surface area contributed by atoms with Gasteiger partial charge in [0, 0.05) is 48.6 Å². The van der Waals surface area contributed by atoms with Gasteiger partial charge in [0.05, 0.1) is 0 Å². The van der Waals surface area contributed by atoms with Gasteiger partial charge in [-0.1, -0.05) is 17.9 Å². The van der Waals surface area contributed by atoms with Gasteiger partial charge in [-0.3, -0.25) is 4.79 Å². The lowest BCUT2D eigenvalue weighted by atomic mass is 9.88. The molecule has 0 saturated heterocycles. The average Bonchev–Trinajstić information content (AvgIpc) is 3.44. The normalized spacial score (nSPS) is 13.7. The summed E-state index contributed by atoms with van der Waals surface area (Å²) < 4.78 is 30.1. The number of aromatic amines is 1. The first-order valence-electron chi connectivity index (χ1n) is 9.81. The average molecular weight is 402 g/mol. The molecule has 0 radical (unpaired) electrons. The lowest BCUT2D eigenvalue weighted by molar-refractivity contribution is 0.573. The Hall–Kier alpha value is -3.57. The molecular weight excluding hydrogens is 382 g/mol. The molecule has 2 aromatic heterocycles. The molecule has 0 spiro atoms. The van der Waals surface area contributed by atoms with E-state index in [0.717, 1.165) is 42.3 Å². The predicted octanol–water partition coefficient (Wildman–Crippen LogP) is 4.45. The molecule has 3 nitrogen and oxygen atoms in total. The van der Waals surface area contributed by atoms with Crippen LogP contribution in [-0.4, -0.2) is 9.55 Å². The fraction of sp³-hybridized carbons (Fsp3) is 0.240. The van der Waals surface area contributed by atoms with Gasteiger partial charge in [-0.05, 0) is 66.5 Å². The molecule has 5 heteroatoms. The van der Waals surface area contributed by atoms with Gasteiger partial charge >= 0.3 is 0 Å². The zero-order chi connectivity index (χ0) is 21.1. The van der Waals surface area contributed by atoms with E-state index in [1.54, 1.807) is 30.1 Å². The molecule has 3 aromatic rings. The second-order valence-electron chi connectivity index (χ2n) is 7.43. The number of nitrogens with zero attached hydrogens (tertiary/aromatic N) is 1. The Kier molecular flexibility index (Phi) is 5.55. The second-order valence-corrected chi connectivity index (χ2v) is 7.43. The molecule has 1 saturated carbocycles. The van der Waals surface area contributed by atoms with Crippen LogP contribution >= 0.6 is 0 Å². The smallest absolute Gasteiger partial charge is 0.254 e. The Bertz CT molecular complexity index is 1250. The van der Waals surface area contributed by atoms with E-state index in [-0.39, 0.29) is 17.5 Å². The summed E-state index contributed by atoms with van der Waals surface area (Å²) in [4.78, 5) is 16.0. The highest BCUT2D eigenvalue weighted by molar-refractivity contribution is 5.40. The van der Waals surface area contributed by atoms with Crippen molar-refractivity contribution >= 4 is 0 Å². The Morgan fingerprint density at radius 1 is 1.13 bits per heavy atom. The van der Waals surface area contributed by atoms with Crippen molar-refractivity contribution in [3.63, 3.8) is 0 Å². The van der Waals surface area contributed by atoms with Crippen LogP contribution in [0, 0.1) is 35.3 Å². The standard InChI is InChI=1S/C25H20F2N2O/c1-29-24(18-7-8-18)12-10-21(25(29)30)20(22-15-19(26)9-11-23(22)27)6-4-2-3-5-17-13-14-28-16-17/h9-16,18,20,28H,6-8H2,1H3. The Morgan fingerprint density at radius 3 is 2.70 bits per heavy atom. The number of nitrogens with one attached hydrogen (secondary N) is 1. The SMILES string of the molecule is Cn1c(C2CC2)ccc(C(CC#CC#Cc2cc[nH]c2)c2cc(F)ccc2F)c1=O. The first-order chi connectivity index (χ1) is 14.5. The number of hydrogen-bond acceptors (Lipinski definition) is 1. The van der Waals surface area contributed by atoms with Crippen molar-refractivity contribution in [2.24, 2.45) is 7.05 Å². The highest BCUT2D eigenvalue weighted by Gasteiger charge is 2.28.